The van der Waals surface area contributed by atoms with Crippen LogP contribution in [0.2, 0.25) is 0 Å². The molecule has 1 saturated heterocycles. The van der Waals surface area contributed by atoms with Crippen LogP contribution in [0.25, 0.3) is 0 Å². The molecule has 0 aromatic heterocycles. The van der Waals surface area contributed by atoms with E-state index >= 15 is 0 Å². The molecule has 0 saturated carbocycles. The molecule has 1 unspecified atom stereocenters. The minimum Gasteiger partial charge on any atom is -0.351 e. The van der Waals surface area contributed by atoms with Gasteiger partial charge in [0.25, 0.3) is 0 Å². The molecule has 1 N–H and O–H groups in total. The Morgan fingerprint density at radius 3 is 2.82 bits per heavy atom. The maximum atomic E-state index is 11.1. The number of carbonyl (C=O) groups is 1. The highest BCUT2D eigenvalue weighted by Gasteiger charge is 2.22. The summed E-state index contributed by atoms with van der Waals surface area (Å²) in [7, 11) is 0. The standard InChI is InChI=1S/C7H9Cl2NO/c1-4(8)6-2-5(9)3-10-7(6)11/h5H,2-3H2,1H3,(H,10,11)/b6-4-. The molecular formula is C7H9Cl2NO. The highest BCUT2D eigenvalue weighted by Crippen LogP contribution is 2.20. The highest BCUT2D eigenvalue weighted by atomic mass is 35.5. The lowest BCUT2D eigenvalue weighted by molar-refractivity contribution is -0.118. The molecule has 0 aliphatic carbocycles. The summed E-state index contributed by atoms with van der Waals surface area (Å²) in [4.78, 5) is 11.1. The zero-order chi connectivity index (χ0) is 8.43. The second-order valence-corrected chi connectivity index (χ2v) is 3.71. The molecule has 1 fully saturated rings. The van der Waals surface area contributed by atoms with Gasteiger partial charge in [-0.1, -0.05) is 11.6 Å². The van der Waals surface area contributed by atoms with Gasteiger partial charge in [0.05, 0.1) is 5.38 Å². The van der Waals surface area contributed by atoms with Crippen LogP contribution in [-0.2, 0) is 4.79 Å². The Kier molecular flexibility index (Phi) is 2.79. The lowest BCUT2D eigenvalue weighted by Gasteiger charge is -2.19. The van der Waals surface area contributed by atoms with Crippen molar-refractivity contribution < 1.29 is 4.79 Å². The van der Waals surface area contributed by atoms with Crippen LogP contribution in [0.15, 0.2) is 10.6 Å². The average molecular weight is 194 g/mol. The van der Waals surface area contributed by atoms with Gasteiger partial charge in [-0.15, -0.1) is 11.6 Å². The van der Waals surface area contributed by atoms with Crippen molar-refractivity contribution in [3.05, 3.63) is 10.6 Å². The summed E-state index contributed by atoms with van der Waals surface area (Å²) in [5, 5.41) is 3.17. The normalized spacial score (nSPS) is 29.7. The van der Waals surface area contributed by atoms with Crippen molar-refractivity contribution in [3.8, 4) is 0 Å². The minimum absolute atomic E-state index is 0.0172. The second kappa shape index (κ2) is 3.46. The van der Waals surface area contributed by atoms with Gasteiger partial charge in [-0.05, 0) is 13.3 Å². The van der Waals surface area contributed by atoms with Crippen LogP contribution >= 0.6 is 23.2 Å². The molecule has 4 heteroatoms. The number of rotatable bonds is 0. The van der Waals surface area contributed by atoms with Crippen molar-refractivity contribution >= 4 is 29.1 Å². The van der Waals surface area contributed by atoms with Gasteiger partial charge < -0.3 is 5.32 Å². The zero-order valence-corrected chi connectivity index (χ0v) is 7.67. The molecule has 1 amide bonds. The predicted octanol–water partition coefficient (Wildman–Crippen LogP) is 1.63. The van der Waals surface area contributed by atoms with E-state index in [2.05, 4.69) is 5.32 Å². The Morgan fingerprint density at radius 2 is 2.36 bits per heavy atom. The summed E-state index contributed by atoms with van der Waals surface area (Å²) >= 11 is 11.5. The Morgan fingerprint density at radius 1 is 1.73 bits per heavy atom. The third-order valence-electron chi connectivity index (χ3n) is 1.60. The van der Waals surface area contributed by atoms with Gasteiger partial charge >= 0.3 is 0 Å². The van der Waals surface area contributed by atoms with Gasteiger partial charge in [0.2, 0.25) is 5.91 Å². The van der Waals surface area contributed by atoms with E-state index in [1.54, 1.807) is 6.92 Å². The van der Waals surface area contributed by atoms with Crippen molar-refractivity contribution in [3.63, 3.8) is 0 Å². The van der Waals surface area contributed by atoms with Crippen molar-refractivity contribution in [1.29, 1.82) is 0 Å². The van der Waals surface area contributed by atoms with Crippen LogP contribution in [0.1, 0.15) is 13.3 Å². The molecule has 1 heterocycles. The number of carbonyl (C=O) groups excluding carboxylic acids is 1. The monoisotopic (exact) mass is 193 g/mol. The number of halogens is 2. The van der Waals surface area contributed by atoms with Gasteiger partial charge in [-0.3, -0.25) is 4.79 Å². The Hall–Kier alpha value is -0.210. The molecule has 0 radical (unpaired) electrons. The quantitative estimate of drug-likeness (QED) is 0.460. The largest absolute Gasteiger partial charge is 0.351 e. The van der Waals surface area contributed by atoms with Crippen LogP contribution in [0.3, 0.4) is 0 Å². The molecule has 1 rings (SSSR count). The van der Waals surface area contributed by atoms with Gasteiger partial charge in [0.1, 0.15) is 0 Å². The molecule has 2 nitrogen and oxygen atoms in total. The fraction of sp³-hybridized carbons (Fsp3) is 0.571. The lowest BCUT2D eigenvalue weighted by Crippen LogP contribution is -2.37. The molecule has 0 aromatic carbocycles. The highest BCUT2D eigenvalue weighted by molar-refractivity contribution is 6.32. The maximum Gasteiger partial charge on any atom is 0.248 e. The SMILES string of the molecule is C/C(Cl)=C1\CC(Cl)CNC1=O. The third-order valence-corrected chi connectivity index (χ3v) is 2.14. The van der Waals surface area contributed by atoms with Gasteiger partial charge in [0, 0.05) is 17.2 Å². The van der Waals surface area contributed by atoms with E-state index in [1.807, 2.05) is 0 Å². The first-order chi connectivity index (χ1) is 5.11. The molecule has 0 spiro atoms. The summed E-state index contributed by atoms with van der Waals surface area (Å²) in [6.07, 6.45) is 0.572. The maximum absolute atomic E-state index is 11.1. The fourth-order valence-corrected chi connectivity index (χ4v) is 1.39. The fourth-order valence-electron chi connectivity index (χ4n) is 0.994. The molecular weight excluding hydrogens is 185 g/mol. The second-order valence-electron chi connectivity index (χ2n) is 2.52. The zero-order valence-electron chi connectivity index (χ0n) is 6.16. The number of hydrogen-bond donors (Lipinski definition) is 1. The smallest absolute Gasteiger partial charge is 0.248 e. The Balaban J connectivity index is 2.78. The number of piperidine rings is 1. The van der Waals surface area contributed by atoms with E-state index in [-0.39, 0.29) is 11.3 Å². The van der Waals surface area contributed by atoms with E-state index in [0.29, 0.717) is 23.6 Å². The van der Waals surface area contributed by atoms with E-state index in [1.165, 1.54) is 0 Å². The molecule has 1 atom stereocenters. The molecule has 11 heavy (non-hydrogen) atoms. The number of alkyl halides is 1. The van der Waals surface area contributed by atoms with Crippen LogP contribution < -0.4 is 5.32 Å². The molecule has 1 aliphatic heterocycles. The van der Waals surface area contributed by atoms with E-state index in [4.69, 9.17) is 23.2 Å². The predicted molar refractivity (Wildman–Crippen MR) is 45.8 cm³/mol. The van der Waals surface area contributed by atoms with E-state index in [0.717, 1.165) is 0 Å². The molecule has 1 aliphatic rings. The van der Waals surface area contributed by atoms with E-state index < -0.39 is 0 Å². The number of hydrogen-bond acceptors (Lipinski definition) is 1. The Bertz CT molecular complexity index is 208. The summed E-state index contributed by atoms with van der Waals surface area (Å²) in [6.45, 7) is 2.24. The first-order valence-corrected chi connectivity index (χ1v) is 4.20. The van der Waals surface area contributed by atoms with Gasteiger partial charge in [-0.2, -0.15) is 0 Å². The molecule has 62 valence electrons. The number of nitrogens with one attached hydrogen (secondary N) is 1. The van der Waals surface area contributed by atoms with Crippen LogP contribution in [-0.4, -0.2) is 17.8 Å². The summed E-state index contributed by atoms with van der Waals surface area (Å²) in [6, 6.07) is 0. The van der Waals surface area contributed by atoms with Crippen molar-refractivity contribution in [2.75, 3.05) is 6.54 Å². The topological polar surface area (TPSA) is 29.1 Å². The van der Waals surface area contributed by atoms with E-state index in [9.17, 15) is 4.79 Å². The first-order valence-electron chi connectivity index (χ1n) is 3.38. The third kappa shape index (κ3) is 2.11. The van der Waals surface area contributed by atoms with Crippen molar-refractivity contribution in [1.82, 2.24) is 5.32 Å². The lowest BCUT2D eigenvalue weighted by atomic mass is 10.1. The van der Waals surface area contributed by atoms with Crippen LogP contribution in [0.5, 0.6) is 0 Å². The number of amides is 1. The van der Waals surface area contributed by atoms with Gasteiger partial charge in [-0.25, -0.2) is 0 Å². The minimum atomic E-state index is -0.0885. The van der Waals surface area contributed by atoms with Gasteiger partial charge in [0.15, 0.2) is 0 Å². The molecule has 0 bridgehead atoms. The Labute approximate surface area is 75.6 Å². The molecule has 0 aromatic rings. The van der Waals surface area contributed by atoms with Crippen molar-refractivity contribution in [2.24, 2.45) is 0 Å². The number of allylic oxidation sites excluding steroid dienone is 1. The van der Waals surface area contributed by atoms with Crippen LogP contribution in [0.4, 0.5) is 0 Å². The average Bonchev–Trinajstić information content (AvgIpc) is 1.94. The van der Waals surface area contributed by atoms with Crippen LogP contribution in [0, 0.1) is 0 Å². The first kappa shape index (κ1) is 8.88. The summed E-state index contributed by atoms with van der Waals surface area (Å²) < 4.78 is 0. The summed E-state index contributed by atoms with van der Waals surface area (Å²) in [5.41, 5.74) is 0.609. The van der Waals surface area contributed by atoms with Crippen molar-refractivity contribution in [2.45, 2.75) is 18.7 Å². The summed E-state index contributed by atoms with van der Waals surface area (Å²) in [5.74, 6) is -0.0885.